The highest BCUT2D eigenvalue weighted by molar-refractivity contribution is 6.28. The molecule has 106 valence electrons. The van der Waals surface area contributed by atoms with E-state index >= 15 is 0 Å². The maximum atomic E-state index is 5.84. The summed E-state index contributed by atoms with van der Waals surface area (Å²) in [6.45, 7) is 8.26. The number of nitrogens with zero attached hydrogens (tertiary/aromatic N) is 3. The van der Waals surface area contributed by atoms with E-state index in [1.165, 1.54) is 0 Å². The molecule has 1 heterocycles. The molecule has 0 saturated heterocycles. The summed E-state index contributed by atoms with van der Waals surface area (Å²) < 4.78 is 11.0. The van der Waals surface area contributed by atoms with Crippen molar-refractivity contribution in [2.45, 2.75) is 27.7 Å². The molecule has 0 bridgehead atoms. The predicted octanol–water partition coefficient (Wildman–Crippen LogP) is 3.64. The standard InChI is InChI=1S/C14H16ClN3O2/c1-5-19-13-16-12(15)17-14(18-13)20-11-9(3)7-6-8(2)10(11)4/h6-7H,5H2,1-4H3. The summed E-state index contributed by atoms with van der Waals surface area (Å²) in [4.78, 5) is 11.9. The molecule has 1 aromatic carbocycles. The number of halogens is 1. The largest absolute Gasteiger partial charge is 0.464 e. The minimum Gasteiger partial charge on any atom is -0.464 e. The fraction of sp³-hybridized carbons (Fsp3) is 0.357. The summed E-state index contributed by atoms with van der Waals surface area (Å²) in [5, 5.41) is 0.0430. The van der Waals surface area contributed by atoms with Crippen LogP contribution in [0.3, 0.4) is 0 Å². The van der Waals surface area contributed by atoms with Gasteiger partial charge in [0, 0.05) is 0 Å². The van der Waals surface area contributed by atoms with Crippen molar-refractivity contribution in [2.24, 2.45) is 0 Å². The first kappa shape index (κ1) is 14.5. The van der Waals surface area contributed by atoms with Crippen molar-refractivity contribution in [3.8, 4) is 17.8 Å². The molecule has 0 atom stereocenters. The lowest BCUT2D eigenvalue weighted by molar-refractivity contribution is 0.302. The highest BCUT2D eigenvalue weighted by Gasteiger charge is 2.12. The Labute approximate surface area is 123 Å². The van der Waals surface area contributed by atoms with Crippen molar-refractivity contribution in [1.29, 1.82) is 0 Å². The molecule has 0 radical (unpaired) electrons. The number of hydrogen-bond acceptors (Lipinski definition) is 5. The molecule has 0 N–H and O–H groups in total. The first-order chi connectivity index (χ1) is 9.51. The maximum absolute atomic E-state index is 5.84. The van der Waals surface area contributed by atoms with E-state index in [1.54, 1.807) is 0 Å². The van der Waals surface area contributed by atoms with Gasteiger partial charge < -0.3 is 9.47 Å². The van der Waals surface area contributed by atoms with Crippen LogP contribution in [0.25, 0.3) is 0 Å². The van der Waals surface area contributed by atoms with Gasteiger partial charge in [-0.2, -0.15) is 9.97 Å². The van der Waals surface area contributed by atoms with Crippen LogP contribution in [-0.2, 0) is 0 Å². The second-order valence-corrected chi connectivity index (χ2v) is 4.70. The monoisotopic (exact) mass is 293 g/mol. The second-order valence-electron chi connectivity index (χ2n) is 4.36. The average Bonchev–Trinajstić information content (AvgIpc) is 2.39. The maximum Gasteiger partial charge on any atom is 0.329 e. The Hall–Kier alpha value is -1.88. The third-order valence-corrected chi connectivity index (χ3v) is 3.08. The number of hydrogen-bond donors (Lipinski definition) is 0. The Kier molecular flexibility index (Phi) is 4.39. The van der Waals surface area contributed by atoms with Crippen LogP contribution < -0.4 is 9.47 Å². The molecule has 5 nitrogen and oxygen atoms in total. The predicted molar refractivity (Wildman–Crippen MR) is 76.7 cm³/mol. The normalized spacial score (nSPS) is 10.4. The zero-order valence-corrected chi connectivity index (χ0v) is 12.7. The smallest absolute Gasteiger partial charge is 0.329 e. The number of rotatable bonds is 4. The fourth-order valence-electron chi connectivity index (χ4n) is 1.73. The summed E-state index contributed by atoms with van der Waals surface area (Å²) in [6, 6.07) is 4.32. The number of benzene rings is 1. The van der Waals surface area contributed by atoms with Gasteiger partial charge in [-0.15, -0.1) is 4.98 Å². The lowest BCUT2D eigenvalue weighted by Gasteiger charge is -2.12. The van der Waals surface area contributed by atoms with Crippen molar-refractivity contribution < 1.29 is 9.47 Å². The molecule has 0 aliphatic heterocycles. The molecule has 0 spiro atoms. The van der Waals surface area contributed by atoms with Gasteiger partial charge in [-0.3, -0.25) is 0 Å². The van der Waals surface area contributed by atoms with Crippen molar-refractivity contribution in [1.82, 2.24) is 15.0 Å². The molecule has 0 saturated carbocycles. The van der Waals surface area contributed by atoms with Crippen LogP contribution in [-0.4, -0.2) is 21.6 Å². The number of ether oxygens (including phenoxy) is 2. The van der Waals surface area contributed by atoms with Crippen LogP contribution >= 0.6 is 11.6 Å². The highest BCUT2D eigenvalue weighted by atomic mass is 35.5. The summed E-state index contributed by atoms with van der Waals surface area (Å²) in [6.07, 6.45) is 0. The summed E-state index contributed by atoms with van der Waals surface area (Å²) >= 11 is 5.84. The van der Waals surface area contributed by atoms with E-state index in [0.717, 1.165) is 22.4 Å². The van der Waals surface area contributed by atoms with Gasteiger partial charge in [0.15, 0.2) is 0 Å². The Morgan fingerprint density at radius 3 is 2.35 bits per heavy atom. The fourth-order valence-corrected chi connectivity index (χ4v) is 1.87. The summed E-state index contributed by atoms with van der Waals surface area (Å²) in [7, 11) is 0. The molecular weight excluding hydrogens is 278 g/mol. The van der Waals surface area contributed by atoms with Crippen LogP contribution in [0.2, 0.25) is 5.28 Å². The van der Waals surface area contributed by atoms with E-state index in [9.17, 15) is 0 Å². The highest BCUT2D eigenvalue weighted by Crippen LogP contribution is 2.29. The van der Waals surface area contributed by atoms with Gasteiger partial charge in [-0.25, -0.2) is 0 Å². The molecule has 0 aliphatic rings. The van der Waals surface area contributed by atoms with Gasteiger partial charge in [-0.1, -0.05) is 12.1 Å². The second kappa shape index (κ2) is 6.05. The van der Waals surface area contributed by atoms with Gasteiger partial charge in [0.05, 0.1) is 6.61 Å². The number of aryl methyl sites for hydroxylation is 2. The quantitative estimate of drug-likeness (QED) is 0.861. The van der Waals surface area contributed by atoms with E-state index in [-0.39, 0.29) is 17.3 Å². The van der Waals surface area contributed by atoms with Gasteiger partial charge in [0.1, 0.15) is 5.75 Å². The average molecular weight is 294 g/mol. The van der Waals surface area contributed by atoms with Crippen molar-refractivity contribution in [2.75, 3.05) is 6.61 Å². The van der Waals surface area contributed by atoms with E-state index in [0.29, 0.717) is 6.61 Å². The lowest BCUT2D eigenvalue weighted by Crippen LogP contribution is -2.03. The third kappa shape index (κ3) is 3.17. The first-order valence-electron chi connectivity index (χ1n) is 6.30. The minimum atomic E-state index is 0.0430. The zero-order valence-electron chi connectivity index (χ0n) is 11.9. The van der Waals surface area contributed by atoms with Gasteiger partial charge in [0.25, 0.3) is 0 Å². The van der Waals surface area contributed by atoms with Crippen molar-refractivity contribution >= 4 is 11.6 Å². The van der Waals surface area contributed by atoms with Crippen LogP contribution in [0.1, 0.15) is 23.6 Å². The van der Waals surface area contributed by atoms with Gasteiger partial charge in [-0.05, 0) is 56.0 Å². The first-order valence-corrected chi connectivity index (χ1v) is 6.68. The van der Waals surface area contributed by atoms with Crippen LogP contribution in [0, 0.1) is 20.8 Å². The number of aromatic nitrogens is 3. The molecule has 1 aromatic heterocycles. The Morgan fingerprint density at radius 2 is 1.65 bits per heavy atom. The molecule has 2 rings (SSSR count). The van der Waals surface area contributed by atoms with E-state index in [2.05, 4.69) is 15.0 Å². The van der Waals surface area contributed by atoms with Crippen molar-refractivity contribution in [3.05, 3.63) is 34.1 Å². The molecule has 0 amide bonds. The van der Waals surface area contributed by atoms with Crippen LogP contribution in [0.15, 0.2) is 12.1 Å². The Morgan fingerprint density at radius 1 is 1.00 bits per heavy atom. The third-order valence-electron chi connectivity index (χ3n) is 2.91. The molecular formula is C14H16ClN3O2. The van der Waals surface area contributed by atoms with Crippen LogP contribution in [0.4, 0.5) is 0 Å². The minimum absolute atomic E-state index is 0.0430. The lowest BCUT2D eigenvalue weighted by atomic mass is 10.1. The van der Waals surface area contributed by atoms with E-state index < -0.39 is 0 Å². The van der Waals surface area contributed by atoms with E-state index in [4.69, 9.17) is 21.1 Å². The molecule has 0 unspecified atom stereocenters. The zero-order chi connectivity index (χ0) is 14.7. The van der Waals surface area contributed by atoms with Crippen molar-refractivity contribution in [3.63, 3.8) is 0 Å². The Balaban J connectivity index is 2.37. The SMILES string of the molecule is CCOc1nc(Cl)nc(Oc2c(C)ccc(C)c2C)n1. The summed E-state index contributed by atoms with van der Waals surface area (Å²) in [5.74, 6) is 0.731. The molecule has 6 heteroatoms. The van der Waals surface area contributed by atoms with E-state index in [1.807, 2.05) is 39.8 Å². The molecule has 2 aromatic rings. The topological polar surface area (TPSA) is 57.1 Å². The molecule has 0 fully saturated rings. The van der Waals surface area contributed by atoms with Crippen LogP contribution in [0.5, 0.6) is 17.8 Å². The Bertz CT molecular complexity index is 632. The summed E-state index contributed by atoms with van der Waals surface area (Å²) in [5.41, 5.74) is 3.18. The van der Waals surface area contributed by atoms with Gasteiger partial charge in [0.2, 0.25) is 5.28 Å². The van der Waals surface area contributed by atoms with Gasteiger partial charge >= 0.3 is 12.0 Å². The molecule has 20 heavy (non-hydrogen) atoms. The molecule has 0 aliphatic carbocycles.